The molecule has 3 atom stereocenters. The van der Waals surface area contributed by atoms with Gasteiger partial charge < -0.3 is 28.5 Å². The summed E-state index contributed by atoms with van der Waals surface area (Å²) in [4.78, 5) is 40.0. The number of esters is 1. The standard InChI is InChI=1S/C68H125N2O7P/c1-7-10-13-16-19-22-25-28-30-31-32-33-34-35-36-37-38-39-40-43-46-49-52-55-58-61-68(72)77-66(59-56-53-50-47-44-41-27-24-21-18-15-12-9-3)65(64-76-78(73,74)75-63-62-70(4,5)6)69-67(71)60-57-54-51-48-45-42-29-26-23-20-17-14-11-8-2/h11,14,19-20,22-23,28,30,32-33,56,59,65-66H,7-10,12-13,15-18,21,24-27,29,31,34-55,57-58,60-64H2,1-6H3,(H-,69,71,73,74)/b14-11+,22-19-,23-20+,30-28-,33-32-,59-56-. The first kappa shape index (κ1) is 75.5. The van der Waals surface area contributed by atoms with E-state index in [1.54, 1.807) is 0 Å². The van der Waals surface area contributed by atoms with Gasteiger partial charge >= 0.3 is 5.97 Å². The number of phosphoric acid groups is 1. The summed E-state index contributed by atoms with van der Waals surface area (Å²) < 4.78 is 30.4. The molecular formula is C68H125N2O7P. The van der Waals surface area contributed by atoms with Crippen LogP contribution in [-0.2, 0) is 27.9 Å². The maximum absolute atomic E-state index is 13.5. The van der Waals surface area contributed by atoms with Gasteiger partial charge in [0.25, 0.3) is 7.82 Å². The molecule has 0 saturated carbocycles. The van der Waals surface area contributed by atoms with Gasteiger partial charge in [0.15, 0.2) is 0 Å². The number of quaternary nitrogens is 1. The second-order valence-electron chi connectivity index (χ2n) is 23.2. The molecule has 10 heteroatoms. The van der Waals surface area contributed by atoms with Crippen LogP contribution in [0.4, 0.5) is 0 Å². The van der Waals surface area contributed by atoms with Crippen molar-refractivity contribution in [2.45, 2.75) is 309 Å². The highest BCUT2D eigenvalue weighted by Crippen LogP contribution is 2.38. The molecule has 0 rings (SSSR count). The van der Waals surface area contributed by atoms with Gasteiger partial charge in [-0.15, -0.1) is 0 Å². The molecule has 1 amide bonds. The predicted molar refractivity (Wildman–Crippen MR) is 335 cm³/mol. The van der Waals surface area contributed by atoms with Crippen molar-refractivity contribution in [1.82, 2.24) is 5.32 Å². The maximum Gasteiger partial charge on any atom is 0.306 e. The summed E-state index contributed by atoms with van der Waals surface area (Å²) in [5, 5.41) is 3.03. The smallest absolute Gasteiger partial charge is 0.306 e. The maximum atomic E-state index is 13.5. The number of hydrogen-bond donors (Lipinski definition) is 1. The Kier molecular flexibility index (Phi) is 55.8. The van der Waals surface area contributed by atoms with E-state index in [1.165, 1.54) is 167 Å². The van der Waals surface area contributed by atoms with Gasteiger partial charge in [0.1, 0.15) is 19.3 Å². The molecule has 0 spiro atoms. The Hall–Kier alpha value is -2.55. The highest BCUT2D eigenvalue weighted by molar-refractivity contribution is 7.45. The average molecular weight is 1110 g/mol. The molecule has 9 nitrogen and oxygen atoms in total. The first-order chi connectivity index (χ1) is 37.9. The van der Waals surface area contributed by atoms with Crippen LogP contribution in [0.25, 0.3) is 0 Å². The molecule has 0 heterocycles. The topological polar surface area (TPSA) is 114 Å². The molecule has 0 aliphatic rings. The lowest BCUT2D eigenvalue weighted by Gasteiger charge is -2.30. The molecule has 78 heavy (non-hydrogen) atoms. The SMILES string of the molecule is CC/C=C/C/C=C/CCCCCCCCCC(=O)NC(COP(=O)([O-])OCC[N+](C)(C)C)C(/C=C\CCCCCCCCCCCCC)OC(=O)CCCCCCCCCCCCCC/C=C\C/C=C\C/C=C\CCCCC. The quantitative estimate of drug-likeness (QED) is 0.0212. The number of nitrogens with one attached hydrogen (secondary N) is 1. The van der Waals surface area contributed by atoms with E-state index in [2.05, 4.69) is 86.8 Å². The van der Waals surface area contributed by atoms with Crippen LogP contribution in [0.3, 0.4) is 0 Å². The van der Waals surface area contributed by atoms with Gasteiger partial charge in [-0.2, -0.15) is 0 Å². The number of carbonyl (C=O) groups is 2. The van der Waals surface area contributed by atoms with Crippen molar-refractivity contribution < 1.29 is 37.3 Å². The molecule has 0 radical (unpaired) electrons. The van der Waals surface area contributed by atoms with Crippen molar-refractivity contribution in [2.24, 2.45) is 0 Å². The molecule has 0 aromatic heterocycles. The zero-order chi connectivity index (χ0) is 57.2. The molecule has 0 aliphatic heterocycles. The molecule has 0 aromatic carbocycles. The normalized spacial score (nSPS) is 14.1. The van der Waals surface area contributed by atoms with Gasteiger partial charge in [-0.05, 0) is 96.0 Å². The lowest BCUT2D eigenvalue weighted by Crippen LogP contribution is -2.47. The minimum Gasteiger partial charge on any atom is -0.756 e. The van der Waals surface area contributed by atoms with E-state index in [0.29, 0.717) is 17.4 Å². The number of phosphoric ester groups is 1. The van der Waals surface area contributed by atoms with Gasteiger partial charge in [-0.3, -0.25) is 14.2 Å². The minimum absolute atomic E-state index is 0.0257. The highest BCUT2D eigenvalue weighted by Gasteiger charge is 2.27. The first-order valence-electron chi connectivity index (χ1n) is 32.7. The second kappa shape index (κ2) is 57.7. The highest BCUT2D eigenvalue weighted by atomic mass is 31.2. The molecule has 0 aliphatic carbocycles. The van der Waals surface area contributed by atoms with E-state index in [0.717, 1.165) is 96.3 Å². The summed E-state index contributed by atoms with van der Waals surface area (Å²) in [7, 11) is 1.18. The predicted octanol–water partition coefficient (Wildman–Crippen LogP) is 19.8. The zero-order valence-electron chi connectivity index (χ0n) is 51.9. The van der Waals surface area contributed by atoms with Crippen molar-refractivity contribution in [3.05, 3.63) is 72.9 Å². The molecule has 0 bridgehead atoms. The lowest BCUT2D eigenvalue weighted by molar-refractivity contribution is -0.870. The van der Waals surface area contributed by atoms with Crippen molar-refractivity contribution in [3.63, 3.8) is 0 Å². The number of allylic oxidation sites excluding steroid dienone is 11. The van der Waals surface area contributed by atoms with Crippen LogP contribution in [0, 0.1) is 0 Å². The Balaban J connectivity index is 5.13. The third-order valence-electron chi connectivity index (χ3n) is 14.4. The van der Waals surface area contributed by atoms with Crippen molar-refractivity contribution in [3.8, 4) is 0 Å². The van der Waals surface area contributed by atoms with Crippen LogP contribution in [0.1, 0.15) is 297 Å². The molecule has 0 fully saturated rings. The van der Waals surface area contributed by atoms with E-state index >= 15 is 0 Å². The van der Waals surface area contributed by atoms with Gasteiger partial charge in [0, 0.05) is 12.8 Å². The lowest BCUT2D eigenvalue weighted by atomic mass is 10.0. The van der Waals surface area contributed by atoms with Crippen LogP contribution in [-0.4, -0.2) is 69.4 Å². The molecule has 1 N–H and O–H groups in total. The Morgan fingerprint density at radius 1 is 0.462 bits per heavy atom. The molecule has 3 unspecified atom stereocenters. The van der Waals surface area contributed by atoms with E-state index in [9.17, 15) is 19.0 Å². The van der Waals surface area contributed by atoms with Crippen LogP contribution in [0.2, 0.25) is 0 Å². The van der Waals surface area contributed by atoms with Crippen molar-refractivity contribution >= 4 is 19.7 Å². The minimum atomic E-state index is -4.70. The number of amides is 1. The number of ether oxygens (including phenoxy) is 1. The number of unbranched alkanes of at least 4 members (excludes halogenated alkanes) is 33. The van der Waals surface area contributed by atoms with Crippen LogP contribution in [0.15, 0.2) is 72.9 Å². The zero-order valence-corrected chi connectivity index (χ0v) is 52.8. The molecular weight excluding hydrogens is 988 g/mol. The number of rotatable bonds is 59. The number of hydrogen-bond acceptors (Lipinski definition) is 7. The van der Waals surface area contributed by atoms with Crippen molar-refractivity contribution in [1.29, 1.82) is 0 Å². The molecule has 0 saturated heterocycles. The molecule has 454 valence electrons. The van der Waals surface area contributed by atoms with E-state index in [-0.39, 0.29) is 24.9 Å². The average Bonchev–Trinajstić information content (AvgIpc) is 3.40. The Bertz CT molecular complexity index is 1570. The third-order valence-corrected chi connectivity index (χ3v) is 15.3. The molecule has 0 aromatic rings. The summed E-state index contributed by atoms with van der Waals surface area (Å²) in [6.07, 6.45) is 74.4. The largest absolute Gasteiger partial charge is 0.756 e. The summed E-state index contributed by atoms with van der Waals surface area (Å²) in [6, 6.07) is -0.895. The fourth-order valence-electron chi connectivity index (χ4n) is 9.33. The fourth-order valence-corrected chi connectivity index (χ4v) is 10.1. The van der Waals surface area contributed by atoms with Crippen LogP contribution in [0.5, 0.6) is 0 Å². The number of likely N-dealkylation sites (N-methyl/N-ethyl adjacent to an activating group) is 1. The van der Waals surface area contributed by atoms with E-state index in [4.69, 9.17) is 13.8 Å². The second-order valence-corrected chi connectivity index (χ2v) is 24.6. The van der Waals surface area contributed by atoms with Crippen LogP contribution >= 0.6 is 7.82 Å². The van der Waals surface area contributed by atoms with E-state index in [1.807, 2.05) is 33.3 Å². The Morgan fingerprint density at radius 2 is 0.821 bits per heavy atom. The third kappa shape index (κ3) is 58.1. The summed E-state index contributed by atoms with van der Waals surface area (Å²) in [5.74, 6) is -0.548. The van der Waals surface area contributed by atoms with Gasteiger partial charge in [0.2, 0.25) is 5.91 Å². The first-order valence-corrected chi connectivity index (χ1v) is 34.2. The van der Waals surface area contributed by atoms with Gasteiger partial charge in [-0.25, -0.2) is 0 Å². The van der Waals surface area contributed by atoms with Crippen molar-refractivity contribution in [2.75, 3.05) is 40.9 Å². The number of carbonyl (C=O) groups excluding carboxylic acids is 2. The number of nitrogens with zero attached hydrogens (tertiary/aromatic N) is 1. The Labute approximate surface area is 483 Å². The van der Waals surface area contributed by atoms with Gasteiger partial charge in [-0.1, -0.05) is 261 Å². The summed E-state index contributed by atoms with van der Waals surface area (Å²) in [6.45, 7) is 6.72. The van der Waals surface area contributed by atoms with Crippen LogP contribution < -0.4 is 10.2 Å². The van der Waals surface area contributed by atoms with E-state index < -0.39 is 26.6 Å². The monoisotopic (exact) mass is 1110 g/mol. The fraction of sp³-hybridized carbons (Fsp3) is 0.794. The Morgan fingerprint density at radius 3 is 1.26 bits per heavy atom. The summed E-state index contributed by atoms with van der Waals surface area (Å²) >= 11 is 0. The summed E-state index contributed by atoms with van der Waals surface area (Å²) in [5.41, 5.74) is 0. The van der Waals surface area contributed by atoms with Gasteiger partial charge in [0.05, 0.1) is 33.8 Å².